The van der Waals surface area contributed by atoms with Crippen molar-refractivity contribution >= 4 is 23.3 Å². The Hall–Kier alpha value is -2.42. The molecule has 0 aliphatic heterocycles. The SMILES string of the molecule is CCN(CCOC)c1cc(C(=O)O)c([N+](=O)[O-])c(N)n1. The Morgan fingerprint density at radius 3 is 2.75 bits per heavy atom. The quantitative estimate of drug-likeness (QED) is 0.553. The lowest BCUT2D eigenvalue weighted by Gasteiger charge is -2.22. The van der Waals surface area contributed by atoms with Gasteiger partial charge in [-0.25, -0.2) is 9.78 Å². The molecule has 0 aliphatic rings. The number of ether oxygens (including phenoxy) is 1. The number of nitrogens with two attached hydrogens (primary N) is 1. The molecule has 0 aromatic carbocycles. The van der Waals surface area contributed by atoms with Crippen LogP contribution in [0.2, 0.25) is 0 Å². The first kappa shape index (κ1) is 15.6. The molecule has 110 valence electrons. The number of nitrogens with zero attached hydrogens (tertiary/aromatic N) is 3. The van der Waals surface area contributed by atoms with Gasteiger partial charge in [0, 0.05) is 26.3 Å². The number of nitrogen functional groups attached to an aromatic ring is 1. The summed E-state index contributed by atoms with van der Waals surface area (Å²) in [6.45, 7) is 3.26. The summed E-state index contributed by atoms with van der Waals surface area (Å²) in [7, 11) is 1.54. The number of likely N-dealkylation sites (N-methyl/N-ethyl adjacent to an activating group) is 1. The summed E-state index contributed by atoms with van der Waals surface area (Å²) in [4.78, 5) is 26.8. The van der Waals surface area contributed by atoms with Crippen LogP contribution in [0, 0.1) is 10.1 Å². The van der Waals surface area contributed by atoms with Crippen molar-refractivity contribution < 1.29 is 19.6 Å². The van der Waals surface area contributed by atoms with Gasteiger partial charge in [0.15, 0.2) is 0 Å². The van der Waals surface area contributed by atoms with E-state index in [-0.39, 0.29) is 5.82 Å². The lowest BCUT2D eigenvalue weighted by atomic mass is 10.2. The molecule has 20 heavy (non-hydrogen) atoms. The number of carboxylic acid groups (broad SMARTS) is 1. The van der Waals surface area contributed by atoms with Crippen LogP contribution >= 0.6 is 0 Å². The van der Waals surface area contributed by atoms with Crippen LogP contribution < -0.4 is 10.6 Å². The second-order valence-electron chi connectivity index (χ2n) is 3.90. The zero-order valence-corrected chi connectivity index (χ0v) is 11.2. The molecule has 0 saturated heterocycles. The fourth-order valence-electron chi connectivity index (χ4n) is 1.70. The van der Waals surface area contributed by atoms with Crippen LogP contribution in [0.3, 0.4) is 0 Å². The van der Waals surface area contributed by atoms with Gasteiger partial charge in [-0.15, -0.1) is 0 Å². The van der Waals surface area contributed by atoms with E-state index in [1.807, 2.05) is 6.92 Å². The third-order valence-corrected chi connectivity index (χ3v) is 2.69. The minimum Gasteiger partial charge on any atom is -0.477 e. The number of hydrogen-bond donors (Lipinski definition) is 2. The van der Waals surface area contributed by atoms with Gasteiger partial charge < -0.3 is 20.5 Å². The van der Waals surface area contributed by atoms with Crippen molar-refractivity contribution in [1.82, 2.24) is 4.98 Å². The molecule has 1 aromatic heterocycles. The molecular formula is C11H16N4O5. The van der Waals surface area contributed by atoms with Crippen molar-refractivity contribution in [3.63, 3.8) is 0 Å². The fourth-order valence-corrected chi connectivity index (χ4v) is 1.70. The maximum atomic E-state index is 11.1. The second-order valence-corrected chi connectivity index (χ2v) is 3.90. The third kappa shape index (κ3) is 3.32. The summed E-state index contributed by atoms with van der Waals surface area (Å²) in [6, 6.07) is 1.15. The molecular weight excluding hydrogens is 268 g/mol. The smallest absolute Gasteiger partial charge is 0.343 e. The molecule has 3 N–H and O–H groups in total. The second kappa shape index (κ2) is 6.66. The van der Waals surface area contributed by atoms with E-state index in [0.717, 1.165) is 6.07 Å². The number of methoxy groups -OCH3 is 1. The molecule has 1 rings (SSSR count). The molecule has 1 aromatic rings. The topological polar surface area (TPSA) is 132 Å². The third-order valence-electron chi connectivity index (χ3n) is 2.69. The summed E-state index contributed by atoms with van der Waals surface area (Å²) < 4.78 is 4.94. The zero-order valence-electron chi connectivity index (χ0n) is 11.2. The van der Waals surface area contributed by atoms with E-state index in [1.54, 1.807) is 4.90 Å². The van der Waals surface area contributed by atoms with Crippen LogP contribution in [0.25, 0.3) is 0 Å². The average molecular weight is 284 g/mol. The Labute approximate surface area is 115 Å². The molecule has 0 radical (unpaired) electrons. The van der Waals surface area contributed by atoms with Crippen molar-refractivity contribution in [3.05, 3.63) is 21.7 Å². The highest BCUT2D eigenvalue weighted by Crippen LogP contribution is 2.28. The number of aromatic nitrogens is 1. The first-order valence-corrected chi connectivity index (χ1v) is 5.84. The van der Waals surface area contributed by atoms with Crippen molar-refractivity contribution in [1.29, 1.82) is 0 Å². The zero-order chi connectivity index (χ0) is 15.3. The number of pyridine rings is 1. The number of anilines is 2. The molecule has 9 heteroatoms. The van der Waals surface area contributed by atoms with Gasteiger partial charge in [-0.05, 0) is 6.92 Å². The molecule has 0 amide bonds. The van der Waals surface area contributed by atoms with Gasteiger partial charge in [0.2, 0.25) is 5.82 Å². The lowest BCUT2D eigenvalue weighted by Crippen LogP contribution is -2.28. The van der Waals surface area contributed by atoms with Crippen LogP contribution in [0.5, 0.6) is 0 Å². The van der Waals surface area contributed by atoms with E-state index in [9.17, 15) is 14.9 Å². The Bertz CT molecular complexity index is 520. The Kier molecular flexibility index (Phi) is 5.21. The number of nitro groups is 1. The van der Waals surface area contributed by atoms with E-state index in [2.05, 4.69) is 4.98 Å². The number of rotatable bonds is 7. The first-order valence-electron chi connectivity index (χ1n) is 5.84. The normalized spacial score (nSPS) is 10.3. The van der Waals surface area contributed by atoms with Gasteiger partial charge in [0.1, 0.15) is 11.4 Å². The highest BCUT2D eigenvalue weighted by Gasteiger charge is 2.26. The molecule has 0 saturated carbocycles. The van der Waals surface area contributed by atoms with Gasteiger partial charge in [-0.3, -0.25) is 10.1 Å². The lowest BCUT2D eigenvalue weighted by molar-refractivity contribution is -0.384. The van der Waals surface area contributed by atoms with Gasteiger partial charge in [-0.1, -0.05) is 0 Å². The highest BCUT2D eigenvalue weighted by molar-refractivity contribution is 5.95. The van der Waals surface area contributed by atoms with Crippen molar-refractivity contribution in [2.24, 2.45) is 0 Å². The van der Waals surface area contributed by atoms with Gasteiger partial charge in [0.05, 0.1) is 11.5 Å². The van der Waals surface area contributed by atoms with E-state index in [4.69, 9.17) is 15.6 Å². The summed E-state index contributed by atoms with van der Waals surface area (Å²) in [5.74, 6) is -1.57. The molecule has 0 spiro atoms. The number of aromatic carboxylic acids is 1. The molecule has 1 heterocycles. The van der Waals surface area contributed by atoms with Crippen LogP contribution in [-0.4, -0.2) is 47.8 Å². The van der Waals surface area contributed by atoms with Crippen LogP contribution in [-0.2, 0) is 4.74 Å². The van der Waals surface area contributed by atoms with Gasteiger partial charge >= 0.3 is 11.7 Å². The number of carboxylic acids is 1. The summed E-state index contributed by atoms with van der Waals surface area (Å²) in [5.41, 5.74) is 4.34. The number of hydrogen-bond acceptors (Lipinski definition) is 7. The standard InChI is InChI=1S/C11H16N4O5/c1-3-14(4-5-20-2)8-6-7(11(16)17)9(15(18)19)10(12)13-8/h6H,3-5H2,1-2H3,(H2,12,13)(H,16,17). The monoisotopic (exact) mass is 284 g/mol. The van der Waals surface area contributed by atoms with Gasteiger partial charge in [-0.2, -0.15) is 0 Å². The van der Waals surface area contributed by atoms with Crippen LogP contribution in [0.15, 0.2) is 6.07 Å². The van der Waals surface area contributed by atoms with Gasteiger partial charge in [0.25, 0.3) is 0 Å². The highest BCUT2D eigenvalue weighted by atomic mass is 16.6. The Balaban J connectivity index is 3.29. The van der Waals surface area contributed by atoms with E-state index < -0.39 is 28.0 Å². The maximum Gasteiger partial charge on any atom is 0.343 e. The Morgan fingerprint density at radius 1 is 1.65 bits per heavy atom. The van der Waals surface area contributed by atoms with Crippen LogP contribution in [0.1, 0.15) is 17.3 Å². The minimum atomic E-state index is -1.42. The number of carbonyl (C=O) groups is 1. The first-order chi connectivity index (χ1) is 9.42. The summed E-state index contributed by atoms with van der Waals surface area (Å²) in [5, 5.41) is 19.9. The minimum absolute atomic E-state index is 0.269. The summed E-state index contributed by atoms with van der Waals surface area (Å²) in [6.07, 6.45) is 0. The van der Waals surface area contributed by atoms with E-state index in [1.165, 1.54) is 7.11 Å². The maximum absolute atomic E-state index is 11.1. The van der Waals surface area contributed by atoms with Crippen LogP contribution in [0.4, 0.5) is 17.3 Å². The molecule has 0 bridgehead atoms. The molecule has 0 aliphatic carbocycles. The summed E-state index contributed by atoms with van der Waals surface area (Å²) >= 11 is 0. The van der Waals surface area contributed by atoms with Crippen molar-refractivity contribution in [2.45, 2.75) is 6.92 Å². The molecule has 0 unspecified atom stereocenters. The molecule has 0 fully saturated rings. The Morgan fingerprint density at radius 2 is 2.30 bits per heavy atom. The average Bonchev–Trinajstić information content (AvgIpc) is 2.38. The van der Waals surface area contributed by atoms with E-state index >= 15 is 0 Å². The molecule has 9 nitrogen and oxygen atoms in total. The molecule has 0 atom stereocenters. The predicted octanol–water partition coefficient (Wildman–Crippen LogP) is 0.743. The predicted molar refractivity (Wildman–Crippen MR) is 72.0 cm³/mol. The van der Waals surface area contributed by atoms with Crippen molar-refractivity contribution in [3.8, 4) is 0 Å². The van der Waals surface area contributed by atoms with Crippen molar-refractivity contribution in [2.75, 3.05) is 37.4 Å². The van der Waals surface area contributed by atoms with E-state index in [0.29, 0.717) is 19.7 Å². The largest absolute Gasteiger partial charge is 0.477 e. The fraction of sp³-hybridized carbons (Fsp3) is 0.455.